The quantitative estimate of drug-likeness (QED) is 0.735. The molecule has 0 aliphatic carbocycles. The van der Waals surface area contributed by atoms with Gasteiger partial charge in [-0.15, -0.1) is 0 Å². The molecule has 1 heterocycles. The highest BCUT2D eigenvalue weighted by atomic mass is 32.2. The van der Waals surface area contributed by atoms with Crippen LogP contribution in [0.15, 0.2) is 11.2 Å². The van der Waals surface area contributed by atoms with Crippen LogP contribution in [0.1, 0.15) is 5.56 Å². The molecule has 0 bridgehead atoms. The van der Waals surface area contributed by atoms with Crippen molar-refractivity contribution in [2.75, 3.05) is 6.26 Å². The Morgan fingerprint density at radius 2 is 2.21 bits per heavy atom. The van der Waals surface area contributed by atoms with Gasteiger partial charge in [0.1, 0.15) is 0 Å². The summed E-state index contributed by atoms with van der Waals surface area (Å²) in [4.78, 5) is 10.4. The highest BCUT2D eigenvalue weighted by Gasteiger charge is 2.19. The van der Waals surface area contributed by atoms with Crippen LogP contribution in [-0.4, -0.2) is 35.5 Å². The minimum atomic E-state index is -3.43. The predicted molar refractivity (Wildman–Crippen MR) is 47.7 cm³/mol. The number of hydrogen-bond donors (Lipinski definition) is 1. The Bertz CT molecular complexity index is 460. The van der Waals surface area contributed by atoms with Gasteiger partial charge < -0.3 is 5.11 Å². The second-order valence-corrected chi connectivity index (χ2v) is 4.87. The number of carboxylic acids is 1. The number of hydrogen-bond acceptors (Lipinski definition) is 4. The van der Waals surface area contributed by atoms with Gasteiger partial charge in [-0.3, -0.25) is 9.48 Å². The first-order chi connectivity index (χ1) is 6.32. The van der Waals surface area contributed by atoms with Gasteiger partial charge in [-0.2, -0.15) is 5.10 Å². The van der Waals surface area contributed by atoms with E-state index in [1.54, 1.807) is 0 Å². The van der Waals surface area contributed by atoms with Crippen molar-refractivity contribution in [3.05, 3.63) is 11.8 Å². The number of nitrogens with zero attached hydrogens (tertiary/aromatic N) is 2. The van der Waals surface area contributed by atoms with Crippen LogP contribution in [0.4, 0.5) is 0 Å². The molecular formula is C7H10N2O4S. The lowest BCUT2D eigenvalue weighted by Crippen LogP contribution is -2.10. The summed E-state index contributed by atoms with van der Waals surface area (Å²) in [6.45, 7) is 0. The molecule has 7 heteroatoms. The van der Waals surface area contributed by atoms with Gasteiger partial charge >= 0.3 is 5.97 Å². The number of carboxylic acid groups (broad SMARTS) is 1. The normalized spacial score (nSPS) is 11.6. The number of rotatable bonds is 3. The second kappa shape index (κ2) is 3.41. The van der Waals surface area contributed by atoms with E-state index >= 15 is 0 Å². The van der Waals surface area contributed by atoms with Crippen LogP contribution in [0.3, 0.4) is 0 Å². The monoisotopic (exact) mass is 218 g/mol. The minimum absolute atomic E-state index is 0.0418. The van der Waals surface area contributed by atoms with Gasteiger partial charge in [-0.1, -0.05) is 0 Å². The predicted octanol–water partition coefficient (Wildman–Crippen LogP) is -0.549. The number of sulfone groups is 1. The Morgan fingerprint density at radius 3 is 2.64 bits per heavy atom. The fourth-order valence-corrected chi connectivity index (χ4v) is 2.36. The van der Waals surface area contributed by atoms with E-state index in [0.717, 1.165) is 10.9 Å². The van der Waals surface area contributed by atoms with Crippen molar-refractivity contribution in [2.24, 2.45) is 7.05 Å². The Labute approximate surface area is 81.1 Å². The number of aryl methyl sites for hydroxylation is 1. The number of aromatic nitrogens is 2. The molecule has 0 atom stereocenters. The van der Waals surface area contributed by atoms with E-state index < -0.39 is 15.8 Å². The SMILES string of the molecule is Cn1ncc(CC(=O)O)c1S(C)(=O)=O. The third kappa shape index (κ3) is 2.11. The molecule has 0 aromatic carbocycles. The fourth-order valence-electron chi connectivity index (χ4n) is 1.23. The van der Waals surface area contributed by atoms with E-state index in [1.807, 2.05) is 0 Å². The zero-order valence-corrected chi connectivity index (χ0v) is 8.58. The maximum atomic E-state index is 11.3. The van der Waals surface area contributed by atoms with E-state index in [4.69, 9.17) is 5.11 Å². The first kappa shape index (κ1) is 10.7. The summed E-state index contributed by atoms with van der Waals surface area (Å²) in [5.41, 5.74) is 0.211. The maximum Gasteiger partial charge on any atom is 0.307 e. The van der Waals surface area contributed by atoms with Gasteiger partial charge in [0.2, 0.25) is 0 Å². The Hall–Kier alpha value is -1.37. The van der Waals surface area contributed by atoms with Crippen LogP contribution in [0.5, 0.6) is 0 Å². The summed E-state index contributed by atoms with van der Waals surface area (Å²) in [7, 11) is -1.97. The minimum Gasteiger partial charge on any atom is -0.481 e. The molecule has 14 heavy (non-hydrogen) atoms. The third-order valence-corrected chi connectivity index (χ3v) is 2.88. The number of aliphatic carboxylic acids is 1. The molecule has 0 radical (unpaired) electrons. The summed E-state index contributed by atoms with van der Waals surface area (Å²) in [6.07, 6.45) is 1.94. The fraction of sp³-hybridized carbons (Fsp3) is 0.429. The lowest BCUT2D eigenvalue weighted by atomic mass is 10.3. The largest absolute Gasteiger partial charge is 0.481 e. The summed E-state index contributed by atoms with van der Waals surface area (Å²) < 4.78 is 23.7. The topological polar surface area (TPSA) is 89.3 Å². The smallest absolute Gasteiger partial charge is 0.307 e. The van der Waals surface area contributed by atoms with E-state index in [9.17, 15) is 13.2 Å². The van der Waals surface area contributed by atoms with Gasteiger partial charge in [-0.05, 0) is 0 Å². The molecule has 0 fully saturated rings. The summed E-state index contributed by atoms with van der Waals surface area (Å²) in [5, 5.41) is 12.2. The first-order valence-electron chi connectivity index (χ1n) is 3.75. The maximum absolute atomic E-state index is 11.3. The zero-order chi connectivity index (χ0) is 10.9. The van der Waals surface area contributed by atoms with Crippen molar-refractivity contribution < 1.29 is 18.3 Å². The number of carbonyl (C=O) groups is 1. The van der Waals surface area contributed by atoms with Crippen molar-refractivity contribution in [3.63, 3.8) is 0 Å². The van der Waals surface area contributed by atoms with Crippen molar-refractivity contribution in [2.45, 2.75) is 11.4 Å². The van der Waals surface area contributed by atoms with E-state index in [1.165, 1.54) is 13.2 Å². The lowest BCUT2D eigenvalue weighted by Gasteiger charge is -2.01. The Morgan fingerprint density at radius 1 is 1.64 bits per heavy atom. The first-order valence-corrected chi connectivity index (χ1v) is 5.64. The van der Waals surface area contributed by atoms with E-state index in [-0.39, 0.29) is 17.0 Å². The summed E-state index contributed by atoms with van der Waals surface area (Å²) in [6, 6.07) is 0. The average Bonchev–Trinajstić information content (AvgIpc) is 2.28. The molecule has 0 saturated carbocycles. The van der Waals surface area contributed by atoms with Gasteiger partial charge in [0.05, 0.1) is 12.6 Å². The zero-order valence-electron chi connectivity index (χ0n) is 7.76. The Kier molecular flexibility index (Phi) is 2.61. The van der Waals surface area contributed by atoms with Crippen LogP contribution in [0, 0.1) is 0 Å². The molecule has 0 spiro atoms. The van der Waals surface area contributed by atoms with Gasteiger partial charge in [0, 0.05) is 18.9 Å². The van der Waals surface area contributed by atoms with Crippen molar-refractivity contribution in [3.8, 4) is 0 Å². The molecule has 0 aliphatic rings. The van der Waals surface area contributed by atoms with Crippen molar-refractivity contribution in [1.29, 1.82) is 0 Å². The average molecular weight is 218 g/mol. The lowest BCUT2D eigenvalue weighted by molar-refractivity contribution is -0.136. The molecule has 0 saturated heterocycles. The molecular weight excluding hydrogens is 208 g/mol. The molecule has 1 aromatic heterocycles. The molecule has 1 N–H and O–H groups in total. The summed E-state index contributed by atoms with van der Waals surface area (Å²) >= 11 is 0. The van der Waals surface area contributed by atoms with Crippen LogP contribution >= 0.6 is 0 Å². The molecule has 1 aromatic rings. The van der Waals surface area contributed by atoms with Crippen LogP contribution < -0.4 is 0 Å². The van der Waals surface area contributed by atoms with E-state index in [2.05, 4.69) is 5.10 Å². The standard InChI is InChI=1S/C7H10N2O4S/c1-9-7(14(2,12)13)5(4-8-9)3-6(10)11/h4H,3H2,1-2H3,(H,10,11). The van der Waals surface area contributed by atoms with Crippen LogP contribution in [0.2, 0.25) is 0 Å². The molecule has 6 nitrogen and oxygen atoms in total. The van der Waals surface area contributed by atoms with Crippen LogP contribution in [0.25, 0.3) is 0 Å². The van der Waals surface area contributed by atoms with Gasteiger partial charge in [-0.25, -0.2) is 8.42 Å². The van der Waals surface area contributed by atoms with Gasteiger partial charge in [0.15, 0.2) is 14.9 Å². The molecule has 1 rings (SSSR count). The highest BCUT2D eigenvalue weighted by Crippen LogP contribution is 2.14. The van der Waals surface area contributed by atoms with E-state index in [0.29, 0.717) is 0 Å². The second-order valence-electron chi connectivity index (χ2n) is 2.94. The van der Waals surface area contributed by atoms with Crippen LogP contribution in [-0.2, 0) is 28.1 Å². The third-order valence-electron chi connectivity index (χ3n) is 1.65. The Balaban J connectivity index is 3.27. The van der Waals surface area contributed by atoms with Gasteiger partial charge in [0.25, 0.3) is 0 Å². The highest BCUT2D eigenvalue weighted by molar-refractivity contribution is 7.90. The van der Waals surface area contributed by atoms with Crippen molar-refractivity contribution >= 4 is 15.8 Å². The molecule has 78 valence electrons. The molecule has 0 aliphatic heterocycles. The summed E-state index contributed by atoms with van der Waals surface area (Å²) in [5.74, 6) is -1.08. The van der Waals surface area contributed by atoms with Crippen molar-refractivity contribution in [1.82, 2.24) is 9.78 Å². The molecule has 0 amide bonds. The molecule has 0 unspecified atom stereocenters.